The lowest BCUT2D eigenvalue weighted by Crippen LogP contribution is -2.43. The number of carbonyl (C=O) groups is 2. The van der Waals surface area contributed by atoms with Gasteiger partial charge in [-0.25, -0.2) is 8.78 Å². The standard InChI is InChI=1S/C17H21F2N3O2.ClH/c18-13-1-2-15(14(19)8-13)22-10-12(7-16(22)23)17(24)21-5-3-11(9-20)4-6-21;/h1-2,8,11-12H,3-7,9-10,20H2;1H. The lowest BCUT2D eigenvalue weighted by Gasteiger charge is -2.33. The summed E-state index contributed by atoms with van der Waals surface area (Å²) >= 11 is 0. The minimum Gasteiger partial charge on any atom is -0.342 e. The van der Waals surface area contributed by atoms with Gasteiger partial charge in [0.1, 0.15) is 11.6 Å². The van der Waals surface area contributed by atoms with Gasteiger partial charge < -0.3 is 15.5 Å². The molecule has 138 valence electrons. The molecule has 1 aromatic carbocycles. The van der Waals surface area contributed by atoms with Crippen molar-refractivity contribution < 1.29 is 18.4 Å². The number of halogens is 3. The van der Waals surface area contributed by atoms with E-state index in [1.807, 2.05) is 0 Å². The number of rotatable bonds is 3. The highest BCUT2D eigenvalue weighted by molar-refractivity contribution is 6.00. The molecule has 0 saturated carbocycles. The molecule has 25 heavy (non-hydrogen) atoms. The van der Waals surface area contributed by atoms with Gasteiger partial charge in [-0.1, -0.05) is 0 Å². The number of benzene rings is 1. The Morgan fingerprint density at radius 3 is 2.52 bits per heavy atom. The second-order valence-corrected chi connectivity index (χ2v) is 6.51. The van der Waals surface area contributed by atoms with Gasteiger partial charge in [-0.05, 0) is 37.4 Å². The third kappa shape index (κ3) is 4.10. The average molecular weight is 374 g/mol. The number of hydrogen-bond acceptors (Lipinski definition) is 3. The van der Waals surface area contributed by atoms with Crippen molar-refractivity contribution in [2.75, 3.05) is 31.1 Å². The molecule has 8 heteroatoms. The Morgan fingerprint density at radius 2 is 1.92 bits per heavy atom. The van der Waals surface area contributed by atoms with Crippen LogP contribution in [0.1, 0.15) is 19.3 Å². The van der Waals surface area contributed by atoms with Gasteiger partial charge in [-0.15, -0.1) is 12.4 Å². The fourth-order valence-corrected chi connectivity index (χ4v) is 3.45. The second-order valence-electron chi connectivity index (χ2n) is 6.51. The van der Waals surface area contributed by atoms with Crippen LogP contribution in [0.2, 0.25) is 0 Å². The molecule has 1 aromatic rings. The molecule has 0 spiro atoms. The summed E-state index contributed by atoms with van der Waals surface area (Å²) in [5.41, 5.74) is 5.68. The van der Waals surface area contributed by atoms with E-state index in [9.17, 15) is 18.4 Å². The first kappa shape index (κ1) is 19.6. The van der Waals surface area contributed by atoms with Crippen molar-refractivity contribution in [3.05, 3.63) is 29.8 Å². The molecule has 2 amide bonds. The lowest BCUT2D eigenvalue weighted by molar-refractivity contribution is -0.137. The molecule has 1 atom stereocenters. The first-order chi connectivity index (χ1) is 11.5. The Hall–Kier alpha value is -1.73. The van der Waals surface area contributed by atoms with E-state index in [1.54, 1.807) is 4.90 Å². The highest BCUT2D eigenvalue weighted by Crippen LogP contribution is 2.29. The van der Waals surface area contributed by atoms with E-state index in [0.29, 0.717) is 25.6 Å². The van der Waals surface area contributed by atoms with Crippen LogP contribution < -0.4 is 10.6 Å². The van der Waals surface area contributed by atoms with Crippen molar-refractivity contribution >= 4 is 29.9 Å². The fourth-order valence-electron chi connectivity index (χ4n) is 3.45. The zero-order valence-electron chi connectivity index (χ0n) is 13.8. The molecule has 2 N–H and O–H groups in total. The van der Waals surface area contributed by atoms with Crippen molar-refractivity contribution in [3.8, 4) is 0 Å². The SMILES string of the molecule is Cl.NCC1CCN(C(=O)C2CC(=O)N(c3ccc(F)cc3F)C2)CC1. The van der Waals surface area contributed by atoms with Crippen molar-refractivity contribution in [1.82, 2.24) is 4.90 Å². The van der Waals surface area contributed by atoms with Crippen LogP contribution in [-0.4, -0.2) is 42.9 Å². The molecule has 0 aliphatic carbocycles. The number of anilines is 1. The number of nitrogens with two attached hydrogens (primary N) is 1. The van der Waals surface area contributed by atoms with Gasteiger partial charge in [0.25, 0.3) is 0 Å². The summed E-state index contributed by atoms with van der Waals surface area (Å²) in [5, 5.41) is 0. The summed E-state index contributed by atoms with van der Waals surface area (Å²) in [6, 6.07) is 3.09. The maximum Gasteiger partial charge on any atom is 0.228 e. The molecule has 2 fully saturated rings. The molecule has 0 aromatic heterocycles. The average Bonchev–Trinajstić information content (AvgIpc) is 2.96. The molecule has 1 unspecified atom stereocenters. The van der Waals surface area contributed by atoms with E-state index in [1.165, 1.54) is 11.0 Å². The normalized spacial score (nSPS) is 21.4. The van der Waals surface area contributed by atoms with E-state index in [4.69, 9.17) is 5.73 Å². The quantitative estimate of drug-likeness (QED) is 0.880. The van der Waals surface area contributed by atoms with Crippen molar-refractivity contribution in [2.24, 2.45) is 17.6 Å². The topological polar surface area (TPSA) is 66.6 Å². The maximum absolute atomic E-state index is 13.9. The number of nitrogens with zero attached hydrogens (tertiary/aromatic N) is 2. The minimum atomic E-state index is -0.791. The van der Waals surface area contributed by atoms with Gasteiger partial charge in [-0.3, -0.25) is 9.59 Å². The molecular formula is C17H22ClF2N3O2. The van der Waals surface area contributed by atoms with Crippen molar-refractivity contribution in [3.63, 3.8) is 0 Å². The van der Waals surface area contributed by atoms with E-state index in [-0.39, 0.29) is 42.9 Å². The zero-order chi connectivity index (χ0) is 17.3. The molecule has 0 bridgehead atoms. The van der Waals surface area contributed by atoms with Crippen molar-refractivity contribution in [2.45, 2.75) is 19.3 Å². The monoisotopic (exact) mass is 373 g/mol. The number of hydrogen-bond donors (Lipinski definition) is 1. The van der Waals surface area contributed by atoms with Gasteiger partial charge in [-0.2, -0.15) is 0 Å². The fraction of sp³-hybridized carbons (Fsp3) is 0.529. The molecule has 2 heterocycles. The molecule has 5 nitrogen and oxygen atoms in total. The summed E-state index contributed by atoms with van der Waals surface area (Å²) in [4.78, 5) is 27.8. The van der Waals surface area contributed by atoms with E-state index < -0.39 is 17.6 Å². The Kier molecular flexibility index (Phi) is 6.35. The van der Waals surface area contributed by atoms with Gasteiger partial charge in [0.2, 0.25) is 11.8 Å². The van der Waals surface area contributed by atoms with Crippen LogP contribution >= 0.6 is 12.4 Å². The molecule has 2 saturated heterocycles. The summed E-state index contributed by atoms with van der Waals surface area (Å²) in [5.74, 6) is -1.89. The first-order valence-corrected chi connectivity index (χ1v) is 8.24. The predicted molar refractivity (Wildman–Crippen MR) is 92.4 cm³/mol. The second kappa shape index (κ2) is 8.10. The summed E-state index contributed by atoms with van der Waals surface area (Å²) < 4.78 is 26.9. The van der Waals surface area contributed by atoms with E-state index >= 15 is 0 Å². The number of carbonyl (C=O) groups excluding carboxylic acids is 2. The van der Waals surface area contributed by atoms with E-state index in [0.717, 1.165) is 25.0 Å². The lowest BCUT2D eigenvalue weighted by atomic mass is 9.95. The van der Waals surface area contributed by atoms with Crippen LogP contribution in [0, 0.1) is 23.5 Å². The number of amides is 2. The van der Waals surface area contributed by atoms with Crippen LogP contribution in [-0.2, 0) is 9.59 Å². The Bertz CT molecular complexity index is 651. The highest BCUT2D eigenvalue weighted by Gasteiger charge is 2.38. The smallest absolute Gasteiger partial charge is 0.228 e. The van der Waals surface area contributed by atoms with Crippen LogP contribution in [0.4, 0.5) is 14.5 Å². The largest absolute Gasteiger partial charge is 0.342 e. The van der Waals surface area contributed by atoms with Gasteiger partial charge in [0, 0.05) is 32.1 Å². The summed E-state index contributed by atoms with van der Waals surface area (Å²) in [7, 11) is 0. The minimum absolute atomic E-state index is 0. The Labute approximate surface area is 151 Å². The summed E-state index contributed by atoms with van der Waals surface area (Å²) in [6.07, 6.45) is 1.81. The summed E-state index contributed by atoms with van der Waals surface area (Å²) in [6.45, 7) is 2.06. The molecule has 2 aliphatic rings. The van der Waals surface area contributed by atoms with E-state index in [2.05, 4.69) is 0 Å². The van der Waals surface area contributed by atoms with Gasteiger partial charge in [0.15, 0.2) is 0 Å². The van der Waals surface area contributed by atoms with Crippen LogP contribution in [0.3, 0.4) is 0 Å². The highest BCUT2D eigenvalue weighted by atomic mass is 35.5. The molecule has 3 rings (SSSR count). The molecule has 2 aliphatic heterocycles. The Balaban J connectivity index is 0.00000225. The Morgan fingerprint density at radius 1 is 1.24 bits per heavy atom. The van der Waals surface area contributed by atoms with Crippen LogP contribution in [0.5, 0.6) is 0 Å². The van der Waals surface area contributed by atoms with Gasteiger partial charge >= 0.3 is 0 Å². The third-order valence-electron chi connectivity index (χ3n) is 4.93. The number of likely N-dealkylation sites (tertiary alicyclic amines) is 1. The number of piperidine rings is 1. The maximum atomic E-state index is 13.9. The van der Waals surface area contributed by atoms with Gasteiger partial charge in [0.05, 0.1) is 11.6 Å². The zero-order valence-corrected chi connectivity index (χ0v) is 14.6. The van der Waals surface area contributed by atoms with Crippen LogP contribution in [0.15, 0.2) is 18.2 Å². The van der Waals surface area contributed by atoms with Crippen LogP contribution in [0.25, 0.3) is 0 Å². The molecule has 0 radical (unpaired) electrons. The molecular weight excluding hydrogens is 352 g/mol. The predicted octanol–water partition coefficient (Wildman–Crippen LogP) is 1.94. The third-order valence-corrected chi connectivity index (χ3v) is 4.93. The first-order valence-electron chi connectivity index (χ1n) is 8.24. The van der Waals surface area contributed by atoms with Crippen molar-refractivity contribution in [1.29, 1.82) is 0 Å².